The molecule has 1 aliphatic rings. The topological polar surface area (TPSA) is 24.5 Å². The minimum Gasteiger partial charge on any atom is -0.378 e. The van der Waals surface area contributed by atoms with Crippen molar-refractivity contribution in [3.8, 4) is 0 Å². The van der Waals surface area contributed by atoms with Crippen molar-refractivity contribution >= 4 is 0 Å². The predicted molar refractivity (Wildman–Crippen MR) is 73.4 cm³/mol. The standard InChI is InChI=1S/C14H30N2O/c1-5-14(6-2)16(9-12(3)4)10-13-11-17-8-7-15-13/h12-15H,5-11H2,1-4H3. The van der Waals surface area contributed by atoms with Crippen molar-refractivity contribution < 1.29 is 4.74 Å². The van der Waals surface area contributed by atoms with Crippen molar-refractivity contribution in [2.45, 2.75) is 52.6 Å². The second-order valence-electron chi connectivity index (χ2n) is 5.54. The van der Waals surface area contributed by atoms with Gasteiger partial charge in [0.25, 0.3) is 0 Å². The van der Waals surface area contributed by atoms with Crippen LogP contribution in [0, 0.1) is 5.92 Å². The van der Waals surface area contributed by atoms with Crippen LogP contribution in [0.15, 0.2) is 0 Å². The van der Waals surface area contributed by atoms with E-state index in [9.17, 15) is 0 Å². The SMILES string of the molecule is CCC(CC)N(CC(C)C)CC1COCCN1. The molecular formula is C14H30N2O. The molecule has 1 atom stereocenters. The van der Waals surface area contributed by atoms with Crippen LogP contribution in [0.1, 0.15) is 40.5 Å². The minimum absolute atomic E-state index is 0.517. The van der Waals surface area contributed by atoms with Crippen LogP contribution in [-0.4, -0.2) is 49.8 Å². The Morgan fingerprint density at radius 3 is 2.47 bits per heavy atom. The lowest BCUT2D eigenvalue weighted by atomic mass is 10.1. The molecule has 0 saturated carbocycles. The number of morpholine rings is 1. The maximum Gasteiger partial charge on any atom is 0.0632 e. The van der Waals surface area contributed by atoms with Crippen molar-refractivity contribution in [3.05, 3.63) is 0 Å². The van der Waals surface area contributed by atoms with Crippen LogP contribution >= 0.6 is 0 Å². The van der Waals surface area contributed by atoms with Crippen LogP contribution < -0.4 is 5.32 Å². The van der Waals surface area contributed by atoms with Gasteiger partial charge < -0.3 is 10.1 Å². The third-order valence-corrected chi connectivity index (χ3v) is 3.51. The molecule has 1 saturated heterocycles. The van der Waals surface area contributed by atoms with Crippen LogP contribution in [0.3, 0.4) is 0 Å². The van der Waals surface area contributed by atoms with E-state index < -0.39 is 0 Å². The number of nitrogens with zero attached hydrogens (tertiary/aromatic N) is 1. The second kappa shape index (κ2) is 8.06. The lowest BCUT2D eigenvalue weighted by Gasteiger charge is -2.36. The van der Waals surface area contributed by atoms with Crippen molar-refractivity contribution in [2.24, 2.45) is 5.92 Å². The number of rotatable bonds is 7. The summed E-state index contributed by atoms with van der Waals surface area (Å²) in [5.41, 5.74) is 0. The fraction of sp³-hybridized carbons (Fsp3) is 1.00. The van der Waals surface area contributed by atoms with Gasteiger partial charge >= 0.3 is 0 Å². The van der Waals surface area contributed by atoms with E-state index in [4.69, 9.17) is 4.74 Å². The molecule has 0 bridgehead atoms. The molecule has 3 nitrogen and oxygen atoms in total. The first-order chi connectivity index (χ1) is 8.17. The zero-order chi connectivity index (χ0) is 12.7. The van der Waals surface area contributed by atoms with E-state index in [0.29, 0.717) is 6.04 Å². The van der Waals surface area contributed by atoms with Crippen LogP contribution in [0.2, 0.25) is 0 Å². The predicted octanol–water partition coefficient (Wildman–Crippen LogP) is 2.12. The molecule has 0 aromatic rings. The van der Waals surface area contributed by atoms with Gasteiger partial charge in [0.1, 0.15) is 0 Å². The third kappa shape index (κ3) is 5.36. The fourth-order valence-corrected chi connectivity index (χ4v) is 2.67. The summed E-state index contributed by atoms with van der Waals surface area (Å²) in [4.78, 5) is 2.65. The van der Waals surface area contributed by atoms with Gasteiger partial charge in [-0.1, -0.05) is 27.7 Å². The molecule has 3 heteroatoms. The molecule has 1 rings (SSSR count). The summed E-state index contributed by atoms with van der Waals surface area (Å²) in [5.74, 6) is 0.736. The highest BCUT2D eigenvalue weighted by Crippen LogP contribution is 2.12. The number of ether oxygens (including phenoxy) is 1. The van der Waals surface area contributed by atoms with E-state index in [0.717, 1.165) is 38.3 Å². The molecule has 0 aliphatic carbocycles. The Labute approximate surface area is 107 Å². The van der Waals surface area contributed by atoms with Gasteiger partial charge in [-0.3, -0.25) is 4.90 Å². The lowest BCUT2D eigenvalue weighted by Crippen LogP contribution is -2.51. The molecule has 1 fully saturated rings. The van der Waals surface area contributed by atoms with Crippen LogP contribution in [-0.2, 0) is 4.74 Å². The smallest absolute Gasteiger partial charge is 0.0632 e. The second-order valence-corrected chi connectivity index (χ2v) is 5.54. The lowest BCUT2D eigenvalue weighted by molar-refractivity contribution is 0.0499. The van der Waals surface area contributed by atoms with Crippen molar-refractivity contribution in [1.82, 2.24) is 10.2 Å². The van der Waals surface area contributed by atoms with Crippen LogP contribution in [0.25, 0.3) is 0 Å². The first-order valence-corrected chi connectivity index (χ1v) is 7.22. The average molecular weight is 242 g/mol. The Kier molecular flexibility index (Phi) is 7.09. The number of hydrogen-bond donors (Lipinski definition) is 1. The number of hydrogen-bond acceptors (Lipinski definition) is 3. The summed E-state index contributed by atoms with van der Waals surface area (Å²) in [6.07, 6.45) is 2.49. The Morgan fingerprint density at radius 1 is 1.29 bits per heavy atom. The van der Waals surface area contributed by atoms with Crippen molar-refractivity contribution in [2.75, 3.05) is 32.8 Å². The molecule has 1 aliphatic heterocycles. The van der Waals surface area contributed by atoms with E-state index in [-0.39, 0.29) is 0 Å². The zero-order valence-electron chi connectivity index (χ0n) is 12.0. The highest BCUT2D eigenvalue weighted by Gasteiger charge is 2.21. The summed E-state index contributed by atoms with van der Waals surface area (Å²) in [7, 11) is 0. The van der Waals surface area contributed by atoms with Gasteiger partial charge in [-0.25, -0.2) is 0 Å². The summed E-state index contributed by atoms with van der Waals surface area (Å²) in [6, 6.07) is 1.24. The fourth-order valence-electron chi connectivity index (χ4n) is 2.67. The zero-order valence-corrected chi connectivity index (χ0v) is 12.0. The molecule has 0 aromatic heterocycles. The molecule has 1 unspecified atom stereocenters. The normalized spacial score (nSPS) is 21.7. The Balaban J connectivity index is 2.48. The molecule has 17 heavy (non-hydrogen) atoms. The average Bonchev–Trinajstić information content (AvgIpc) is 2.31. The Hall–Kier alpha value is -0.120. The maximum absolute atomic E-state index is 5.55. The molecule has 102 valence electrons. The van der Waals surface area contributed by atoms with E-state index in [2.05, 4.69) is 37.9 Å². The molecule has 1 N–H and O–H groups in total. The number of nitrogens with one attached hydrogen (secondary N) is 1. The molecule has 0 aromatic carbocycles. The first-order valence-electron chi connectivity index (χ1n) is 7.22. The summed E-state index contributed by atoms with van der Waals surface area (Å²) >= 11 is 0. The molecule has 1 heterocycles. The monoisotopic (exact) mass is 242 g/mol. The van der Waals surface area contributed by atoms with Crippen molar-refractivity contribution in [1.29, 1.82) is 0 Å². The van der Waals surface area contributed by atoms with Crippen molar-refractivity contribution in [3.63, 3.8) is 0 Å². The summed E-state index contributed by atoms with van der Waals surface area (Å²) < 4.78 is 5.55. The molecule has 0 amide bonds. The van der Waals surface area contributed by atoms with Gasteiger partial charge in [0.05, 0.1) is 13.2 Å². The van der Waals surface area contributed by atoms with E-state index in [1.807, 2.05) is 0 Å². The van der Waals surface area contributed by atoms with Crippen LogP contribution in [0.4, 0.5) is 0 Å². The van der Waals surface area contributed by atoms with Gasteiger partial charge in [-0.2, -0.15) is 0 Å². The van der Waals surface area contributed by atoms with Gasteiger partial charge in [0, 0.05) is 31.7 Å². The van der Waals surface area contributed by atoms with Gasteiger partial charge in [-0.05, 0) is 18.8 Å². The molecule has 0 spiro atoms. The van der Waals surface area contributed by atoms with Gasteiger partial charge in [0.15, 0.2) is 0 Å². The van der Waals surface area contributed by atoms with Gasteiger partial charge in [-0.15, -0.1) is 0 Å². The maximum atomic E-state index is 5.55. The van der Waals surface area contributed by atoms with E-state index >= 15 is 0 Å². The molecule has 0 radical (unpaired) electrons. The largest absolute Gasteiger partial charge is 0.378 e. The Morgan fingerprint density at radius 2 is 2.00 bits per heavy atom. The summed E-state index contributed by atoms with van der Waals surface area (Å²) in [5, 5.41) is 3.56. The Bertz CT molecular complexity index is 187. The van der Waals surface area contributed by atoms with E-state index in [1.165, 1.54) is 19.4 Å². The molecular weight excluding hydrogens is 212 g/mol. The first kappa shape index (κ1) is 14.9. The minimum atomic E-state index is 0.517. The third-order valence-electron chi connectivity index (χ3n) is 3.51. The highest BCUT2D eigenvalue weighted by molar-refractivity contribution is 4.79. The van der Waals surface area contributed by atoms with E-state index in [1.54, 1.807) is 0 Å². The highest BCUT2D eigenvalue weighted by atomic mass is 16.5. The van der Waals surface area contributed by atoms with Gasteiger partial charge in [0.2, 0.25) is 0 Å². The quantitative estimate of drug-likeness (QED) is 0.740. The summed E-state index contributed by atoms with van der Waals surface area (Å²) in [6.45, 7) is 14.3. The van der Waals surface area contributed by atoms with Crippen LogP contribution in [0.5, 0.6) is 0 Å².